The molecular weight excluding hydrogens is 474 g/mol. The zero-order valence-corrected chi connectivity index (χ0v) is 19.5. The monoisotopic (exact) mass is 501 g/mol. The summed E-state index contributed by atoms with van der Waals surface area (Å²) in [6.45, 7) is 1.96. The molecule has 1 saturated heterocycles. The average Bonchev–Trinajstić information content (AvgIpc) is 2.84. The number of anilines is 2. The molecule has 0 aliphatic carbocycles. The first-order valence-electron chi connectivity index (χ1n) is 11.8. The molecule has 0 unspecified atom stereocenters. The number of rotatable bonds is 8. The highest BCUT2D eigenvalue weighted by Gasteiger charge is 2.35. The largest absolute Gasteiger partial charge is 0.419 e. The molecule has 6 nitrogen and oxygen atoms in total. The second kappa shape index (κ2) is 11.0. The van der Waals surface area contributed by atoms with Gasteiger partial charge in [0.05, 0.1) is 17.7 Å². The number of aryl methyl sites for hydroxylation is 2. The standard InChI is InChI=1S/C26H27F4N5O/c27-20-5-1-17(19(13-20)14-24(31)36)4-8-23-22(26(28,29)30)15-33-25(35-23)34-21-6-2-16(3-7-21)18-9-11-32-12-10-18/h1-3,5-7,13,15,18,32H,4,8-12,14H2,(H2,31,36)(H,33,34,35). The summed E-state index contributed by atoms with van der Waals surface area (Å²) in [6, 6.07) is 11.6. The number of piperidine rings is 1. The molecule has 1 aliphatic heterocycles. The third kappa shape index (κ3) is 6.57. The molecule has 1 fully saturated rings. The summed E-state index contributed by atoms with van der Waals surface area (Å²) < 4.78 is 54.6. The van der Waals surface area contributed by atoms with Crippen LogP contribution < -0.4 is 16.4 Å². The predicted molar refractivity (Wildman–Crippen MR) is 128 cm³/mol. The summed E-state index contributed by atoms with van der Waals surface area (Å²) in [6.07, 6.45) is -1.92. The lowest BCUT2D eigenvalue weighted by Gasteiger charge is -2.23. The van der Waals surface area contributed by atoms with Gasteiger partial charge in [0.2, 0.25) is 11.9 Å². The number of nitrogens with two attached hydrogens (primary N) is 1. The van der Waals surface area contributed by atoms with E-state index in [2.05, 4.69) is 20.6 Å². The Hall–Kier alpha value is -3.53. The minimum Gasteiger partial charge on any atom is -0.369 e. The van der Waals surface area contributed by atoms with Gasteiger partial charge in [-0.2, -0.15) is 13.2 Å². The lowest BCUT2D eigenvalue weighted by atomic mass is 9.90. The van der Waals surface area contributed by atoms with Crippen molar-refractivity contribution in [3.8, 4) is 0 Å². The summed E-state index contributed by atoms with van der Waals surface area (Å²) in [5.74, 6) is -0.674. The molecule has 2 aromatic carbocycles. The fourth-order valence-corrected chi connectivity index (χ4v) is 4.47. The first kappa shape index (κ1) is 25.6. The van der Waals surface area contributed by atoms with Crippen molar-refractivity contribution in [1.29, 1.82) is 0 Å². The van der Waals surface area contributed by atoms with Crippen molar-refractivity contribution >= 4 is 17.5 Å². The SMILES string of the molecule is NC(=O)Cc1cc(F)ccc1CCc1nc(Nc2ccc(C3CCNCC3)cc2)ncc1C(F)(F)F. The zero-order valence-electron chi connectivity index (χ0n) is 19.5. The van der Waals surface area contributed by atoms with Gasteiger partial charge in [-0.1, -0.05) is 18.2 Å². The number of amides is 1. The third-order valence-electron chi connectivity index (χ3n) is 6.31. The Kier molecular flexibility index (Phi) is 7.83. The van der Waals surface area contributed by atoms with E-state index in [4.69, 9.17) is 5.73 Å². The fraction of sp³-hybridized carbons (Fsp3) is 0.346. The van der Waals surface area contributed by atoms with E-state index in [0.717, 1.165) is 32.1 Å². The predicted octanol–water partition coefficient (Wildman–Crippen LogP) is 4.66. The molecule has 3 aromatic rings. The van der Waals surface area contributed by atoms with E-state index in [-0.39, 0.29) is 30.9 Å². The lowest BCUT2D eigenvalue weighted by Crippen LogP contribution is -2.26. The number of aromatic nitrogens is 2. The molecule has 1 aliphatic rings. The van der Waals surface area contributed by atoms with Crippen molar-refractivity contribution in [1.82, 2.24) is 15.3 Å². The number of benzene rings is 2. The van der Waals surface area contributed by atoms with Crippen LogP contribution in [0.15, 0.2) is 48.7 Å². The maximum Gasteiger partial charge on any atom is 0.419 e. The van der Waals surface area contributed by atoms with Gasteiger partial charge in [-0.05, 0) is 85.6 Å². The number of carbonyl (C=O) groups excluding carboxylic acids is 1. The van der Waals surface area contributed by atoms with E-state index in [1.54, 1.807) is 0 Å². The molecule has 190 valence electrons. The number of nitrogens with one attached hydrogen (secondary N) is 2. The Bertz CT molecular complexity index is 1210. The van der Waals surface area contributed by atoms with Crippen molar-refractivity contribution in [3.05, 3.63) is 82.4 Å². The van der Waals surface area contributed by atoms with Crippen LogP contribution in [0.5, 0.6) is 0 Å². The molecule has 0 spiro atoms. The zero-order chi connectivity index (χ0) is 25.7. The highest BCUT2D eigenvalue weighted by molar-refractivity contribution is 5.77. The van der Waals surface area contributed by atoms with E-state index >= 15 is 0 Å². The number of hydrogen-bond donors (Lipinski definition) is 3. The van der Waals surface area contributed by atoms with Gasteiger partial charge in [-0.25, -0.2) is 14.4 Å². The van der Waals surface area contributed by atoms with Crippen molar-refractivity contribution < 1.29 is 22.4 Å². The highest BCUT2D eigenvalue weighted by Crippen LogP contribution is 2.33. The summed E-state index contributed by atoms with van der Waals surface area (Å²) in [4.78, 5) is 19.4. The van der Waals surface area contributed by atoms with E-state index in [1.807, 2.05) is 24.3 Å². The molecule has 0 saturated carbocycles. The molecule has 4 N–H and O–H groups in total. The average molecular weight is 502 g/mol. The lowest BCUT2D eigenvalue weighted by molar-refractivity contribution is -0.138. The Morgan fingerprint density at radius 1 is 1.06 bits per heavy atom. The van der Waals surface area contributed by atoms with Gasteiger partial charge in [0.25, 0.3) is 0 Å². The van der Waals surface area contributed by atoms with Crippen molar-refractivity contribution in [3.63, 3.8) is 0 Å². The van der Waals surface area contributed by atoms with Crippen molar-refractivity contribution in [2.75, 3.05) is 18.4 Å². The van der Waals surface area contributed by atoms with Crippen LogP contribution in [0, 0.1) is 5.82 Å². The fourth-order valence-electron chi connectivity index (χ4n) is 4.47. The maximum absolute atomic E-state index is 13.6. The maximum atomic E-state index is 13.6. The molecule has 0 bridgehead atoms. The van der Waals surface area contributed by atoms with Crippen LogP contribution >= 0.6 is 0 Å². The van der Waals surface area contributed by atoms with Gasteiger partial charge in [0.15, 0.2) is 0 Å². The third-order valence-corrected chi connectivity index (χ3v) is 6.31. The first-order valence-corrected chi connectivity index (χ1v) is 11.8. The summed E-state index contributed by atoms with van der Waals surface area (Å²) in [5, 5.41) is 6.32. The number of alkyl halides is 3. The summed E-state index contributed by atoms with van der Waals surface area (Å²) in [5.41, 5.74) is 6.87. The minimum atomic E-state index is -4.64. The van der Waals surface area contributed by atoms with Crippen LogP contribution in [0.4, 0.5) is 29.2 Å². The highest BCUT2D eigenvalue weighted by atomic mass is 19.4. The molecule has 36 heavy (non-hydrogen) atoms. The molecule has 0 atom stereocenters. The van der Waals surface area contributed by atoms with Crippen LogP contribution in [-0.2, 0) is 30.2 Å². The first-order chi connectivity index (χ1) is 17.2. The molecule has 4 rings (SSSR count). The number of primary amides is 1. The minimum absolute atomic E-state index is 0.0454. The molecule has 10 heteroatoms. The van der Waals surface area contributed by atoms with Gasteiger partial charge in [0.1, 0.15) is 5.82 Å². The van der Waals surface area contributed by atoms with Crippen LogP contribution in [-0.4, -0.2) is 29.0 Å². The second-order valence-electron chi connectivity index (χ2n) is 8.88. The summed E-state index contributed by atoms with van der Waals surface area (Å²) in [7, 11) is 0. The van der Waals surface area contributed by atoms with Crippen LogP contribution in [0.2, 0.25) is 0 Å². The van der Waals surface area contributed by atoms with Crippen molar-refractivity contribution in [2.45, 2.75) is 44.2 Å². The van der Waals surface area contributed by atoms with Gasteiger partial charge >= 0.3 is 6.18 Å². The Balaban J connectivity index is 1.53. The van der Waals surface area contributed by atoms with E-state index in [0.29, 0.717) is 22.7 Å². The smallest absolute Gasteiger partial charge is 0.369 e. The van der Waals surface area contributed by atoms with E-state index < -0.39 is 23.5 Å². The Morgan fingerprint density at radius 2 is 1.78 bits per heavy atom. The Labute approximate surface area is 206 Å². The number of nitrogens with zero attached hydrogens (tertiary/aromatic N) is 2. The van der Waals surface area contributed by atoms with Gasteiger partial charge < -0.3 is 16.4 Å². The Morgan fingerprint density at radius 3 is 2.44 bits per heavy atom. The van der Waals surface area contributed by atoms with E-state index in [9.17, 15) is 22.4 Å². The van der Waals surface area contributed by atoms with Crippen molar-refractivity contribution in [2.24, 2.45) is 5.73 Å². The van der Waals surface area contributed by atoms with Crippen LogP contribution in [0.3, 0.4) is 0 Å². The second-order valence-corrected chi connectivity index (χ2v) is 8.88. The summed E-state index contributed by atoms with van der Waals surface area (Å²) >= 11 is 0. The molecule has 1 aromatic heterocycles. The van der Waals surface area contributed by atoms with Crippen LogP contribution in [0.1, 0.15) is 46.7 Å². The quantitative estimate of drug-likeness (QED) is 0.391. The number of carbonyl (C=O) groups is 1. The number of hydrogen-bond acceptors (Lipinski definition) is 5. The van der Waals surface area contributed by atoms with E-state index in [1.165, 1.54) is 23.8 Å². The number of halogens is 4. The van der Waals surface area contributed by atoms with Gasteiger partial charge in [-0.3, -0.25) is 4.79 Å². The molecule has 0 radical (unpaired) electrons. The molecule has 2 heterocycles. The topological polar surface area (TPSA) is 92.9 Å². The van der Waals surface area contributed by atoms with Crippen LogP contribution in [0.25, 0.3) is 0 Å². The van der Waals surface area contributed by atoms with Gasteiger partial charge in [-0.15, -0.1) is 0 Å². The normalized spacial score (nSPS) is 14.6. The molecule has 1 amide bonds. The molecular formula is C26H27F4N5O. The van der Waals surface area contributed by atoms with Gasteiger partial charge in [0, 0.05) is 11.9 Å².